The van der Waals surface area contributed by atoms with E-state index in [-0.39, 0.29) is 5.54 Å². The van der Waals surface area contributed by atoms with E-state index < -0.39 is 17.4 Å². The van der Waals surface area contributed by atoms with Crippen LogP contribution in [0, 0.1) is 5.41 Å². The minimum absolute atomic E-state index is 0.0886. The van der Waals surface area contributed by atoms with Crippen molar-refractivity contribution in [1.29, 1.82) is 0 Å². The second-order valence-electron chi connectivity index (χ2n) is 5.65. The average molecular weight is 219 g/mol. The van der Waals surface area contributed by atoms with Crippen LogP contribution in [0.25, 0.3) is 0 Å². The van der Waals surface area contributed by atoms with Crippen LogP contribution in [0.15, 0.2) is 0 Å². The number of hydrogen-bond donors (Lipinski definition) is 2. The normalized spacial score (nSPS) is 34.8. The van der Waals surface area contributed by atoms with Crippen molar-refractivity contribution < 1.29 is 13.9 Å². The van der Waals surface area contributed by atoms with Crippen molar-refractivity contribution in [2.75, 3.05) is 6.54 Å². The van der Waals surface area contributed by atoms with Crippen molar-refractivity contribution in [3.63, 3.8) is 0 Å². The number of rotatable bonds is 2. The van der Waals surface area contributed by atoms with Gasteiger partial charge in [-0.1, -0.05) is 0 Å². The first-order valence-electron chi connectivity index (χ1n) is 5.57. The van der Waals surface area contributed by atoms with Crippen LogP contribution >= 0.6 is 0 Å². The van der Waals surface area contributed by atoms with E-state index in [2.05, 4.69) is 5.32 Å². The van der Waals surface area contributed by atoms with Crippen LogP contribution in [-0.4, -0.2) is 29.2 Å². The van der Waals surface area contributed by atoms with Crippen molar-refractivity contribution >= 4 is 0 Å². The van der Waals surface area contributed by atoms with Gasteiger partial charge in [0.1, 0.15) is 0 Å². The third kappa shape index (κ3) is 1.68. The zero-order valence-electron chi connectivity index (χ0n) is 9.32. The fourth-order valence-electron chi connectivity index (χ4n) is 2.79. The lowest BCUT2D eigenvalue weighted by molar-refractivity contribution is -0.162. The summed E-state index contributed by atoms with van der Waals surface area (Å²) in [5.41, 5.74) is -2.62. The maximum Gasteiger partial charge on any atom is 0.247 e. The van der Waals surface area contributed by atoms with Crippen LogP contribution in [0.1, 0.15) is 39.5 Å². The third-order valence-corrected chi connectivity index (χ3v) is 4.21. The van der Waals surface area contributed by atoms with E-state index >= 15 is 0 Å². The molecule has 1 atom stereocenters. The first-order chi connectivity index (χ1) is 6.81. The topological polar surface area (TPSA) is 32.3 Å². The molecule has 2 fully saturated rings. The van der Waals surface area contributed by atoms with Gasteiger partial charge in [0.2, 0.25) is 6.43 Å². The minimum Gasteiger partial charge on any atom is -0.390 e. The van der Waals surface area contributed by atoms with Gasteiger partial charge in [-0.3, -0.25) is 0 Å². The Kier molecular flexibility index (Phi) is 2.36. The maximum atomic E-state index is 13.3. The molecule has 0 aromatic carbocycles. The van der Waals surface area contributed by atoms with Crippen molar-refractivity contribution in [1.82, 2.24) is 5.32 Å². The molecule has 2 aliphatic rings. The van der Waals surface area contributed by atoms with E-state index in [1.165, 1.54) is 13.8 Å². The fraction of sp³-hybridized carbons (Fsp3) is 1.00. The standard InChI is InChI=1S/C11H19F2NO/c1-9(2,15)11(8(12)13)5-6-14-10(7-11)3-4-10/h8,14-15H,3-7H2,1-2H3. The van der Waals surface area contributed by atoms with Gasteiger partial charge in [0.15, 0.2) is 0 Å². The number of alkyl halides is 2. The SMILES string of the molecule is CC(C)(O)C1(C(F)F)CCNC2(CC2)C1. The van der Waals surface area contributed by atoms with Gasteiger partial charge in [0.05, 0.1) is 11.0 Å². The Labute approximate surface area is 89.1 Å². The van der Waals surface area contributed by atoms with E-state index in [0.717, 1.165) is 12.8 Å². The van der Waals surface area contributed by atoms with E-state index in [9.17, 15) is 13.9 Å². The molecule has 0 aromatic rings. The highest BCUT2D eigenvalue weighted by Gasteiger charge is 2.60. The van der Waals surface area contributed by atoms with E-state index in [4.69, 9.17) is 0 Å². The zero-order chi connectivity index (χ0) is 11.3. The first kappa shape index (κ1) is 11.3. The molecule has 0 aromatic heterocycles. The summed E-state index contributed by atoms with van der Waals surface area (Å²) in [6.07, 6.45) is 0.253. The van der Waals surface area contributed by atoms with Crippen molar-refractivity contribution in [2.45, 2.75) is 57.1 Å². The van der Waals surface area contributed by atoms with Crippen LogP contribution in [0.4, 0.5) is 8.78 Å². The van der Waals surface area contributed by atoms with Gasteiger partial charge >= 0.3 is 0 Å². The maximum absolute atomic E-state index is 13.3. The molecule has 4 heteroatoms. The monoisotopic (exact) mass is 219 g/mol. The number of nitrogens with one attached hydrogen (secondary N) is 1. The molecule has 2 N–H and O–H groups in total. The highest BCUT2D eigenvalue weighted by atomic mass is 19.3. The largest absolute Gasteiger partial charge is 0.390 e. The van der Waals surface area contributed by atoms with Gasteiger partial charge in [0.25, 0.3) is 0 Å². The highest BCUT2D eigenvalue weighted by Crippen LogP contribution is 2.55. The Morgan fingerprint density at radius 3 is 2.27 bits per heavy atom. The second kappa shape index (κ2) is 3.14. The molecule has 1 spiro atoms. The number of piperidine rings is 1. The molecule has 88 valence electrons. The van der Waals surface area contributed by atoms with Gasteiger partial charge < -0.3 is 10.4 Å². The van der Waals surface area contributed by atoms with Crippen LogP contribution in [-0.2, 0) is 0 Å². The fourth-order valence-corrected chi connectivity index (χ4v) is 2.79. The summed E-state index contributed by atoms with van der Waals surface area (Å²) >= 11 is 0. The first-order valence-corrected chi connectivity index (χ1v) is 5.57. The quantitative estimate of drug-likeness (QED) is 0.743. The van der Waals surface area contributed by atoms with E-state index in [1.807, 2.05) is 0 Å². The Morgan fingerprint density at radius 2 is 1.87 bits per heavy atom. The number of aliphatic hydroxyl groups is 1. The molecule has 0 radical (unpaired) electrons. The molecule has 1 heterocycles. The lowest BCUT2D eigenvalue weighted by Crippen LogP contribution is -2.58. The molecule has 15 heavy (non-hydrogen) atoms. The van der Waals surface area contributed by atoms with Crippen LogP contribution < -0.4 is 5.32 Å². The van der Waals surface area contributed by atoms with Gasteiger partial charge in [0, 0.05) is 5.54 Å². The molecular formula is C11H19F2NO. The molecule has 0 amide bonds. The van der Waals surface area contributed by atoms with Crippen LogP contribution in [0.3, 0.4) is 0 Å². The molecule has 2 nitrogen and oxygen atoms in total. The lowest BCUT2D eigenvalue weighted by atomic mass is 9.65. The minimum atomic E-state index is -2.45. The predicted molar refractivity (Wildman–Crippen MR) is 53.9 cm³/mol. The molecule has 0 bridgehead atoms. The van der Waals surface area contributed by atoms with Gasteiger partial charge in [-0.05, 0) is 46.1 Å². The smallest absolute Gasteiger partial charge is 0.247 e. The van der Waals surface area contributed by atoms with Crippen LogP contribution in [0.5, 0.6) is 0 Å². The zero-order valence-corrected chi connectivity index (χ0v) is 9.32. The molecular weight excluding hydrogens is 200 g/mol. The summed E-state index contributed by atoms with van der Waals surface area (Å²) in [6.45, 7) is 3.62. The third-order valence-electron chi connectivity index (χ3n) is 4.21. The van der Waals surface area contributed by atoms with Crippen LogP contribution in [0.2, 0.25) is 0 Å². The van der Waals surface area contributed by atoms with Crippen molar-refractivity contribution in [3.8, 4) is 0 Å². The Bertz CT molecular complexity index is 258. The second-order valence-corrected chi connectivity index (χ2v) is 5.65. The Balaban J connectivity index is 2.26. The van der Waals surface area contributed by atoms with Gasteiger partial charge in [-0.2, -0.15) is 0 Å². The summed E-state index contributed by atoms with van der Waals surface area (Å²) < 4.78 is 26.5. The average Bonchev–Trinajstić information content (AvgIpc) is 2.82. The summed E-state index contributed by atoms with van der Waals surface area (Å²) in [6, 6.07) is 0. The molecule has 2 rings (SSSR count). The Hall–Kier alpha value is -0.220. The molecule has 1 aliphatic carbocycles. The van der Waals surface area contributed by atoms with Gasteiger partial charge in [-0.25, -0.2) is 8.78 Å². The molecule has 1 aliphatic heterocycles. The summed E-state index contributed by atoms with van der Waals surface area (Å²) in [4.78, 5) is 0. The van der Waals surface area contributed by atoms with Crippen molar-refractivity contribution in [2.24, 2.45) is 5.41 Å². The summed E-state index contributed by atoms with van der Waals surface area (Å²) in [5, 5.41) is 13.3. The Morgan fingerprint density at radius 1 is 1.27 bits per heavy atom. The molecule has 1 saturated carbocycles. The molecule has 1 unspecified atom stereocenters. The summed E-state index contributed by atoms with van der Waals surface area (Å²) in [7, 11) is 0. The number of halogens is 2. The summed E-state index contributed by atoms with van der Waals surface area (Å²) in [5.74, 6) is 0. The van der Waals surface area contributed by atoms with Gasteiger partial charge in [-0.15, -0.1) is 0 Å². The number of hydrogen-bond acceptors (Lipinski definition) is 2. The van der Waals surface area contributed by atoms with E-state index in [0.29, 0.717) is 19.4 Å². The lowest BCUT2D eigenvalue weighted by Gasteiger charge is -2.48. The van der Waals surface area contributed by atoms with E-state index in [1.54, 1.807) is 0 Å². The predicted octanol–water partition coefficient (Wildman–Crippen LogP) is 1.92. The molecule has 1 saturated heterocycles. The van der Waals surface area contributed by atoms with Crippen molar-refractivity contribution in [3.05, 3.63) is 0 Å². The highest BCUT2D eigenvalue weighted by molar-refractivity contribution is 5.13.